The van der Waals surface area contributed by atoms with Crippen LogP contribution in [-0.2, 0) is 21.8 Å². The topological polar surface area (TPSA) is 106 Å². The summed E-state index contributed by atoms with van der Waals surface area (Å²) in [6.45, 7) is 7.02. The minimum absolute atomic E-state index is 0.0982. The number of benzene rings is 1. The Kier molecular flexibility index (Phi) is 7.91. The summed E-state index contributed by atoms with van der Waals surface area (Å²) < 4.78 is 41.6. The number of aromatic nitrogens is 2. The Morgan fingerprint density at radius 2 is 1.94 bits per heavy atom. The molecule has 1 aliphatic carbocycles. The minimum atomic E-state index is -3.91. The maximum Gasteiger partial charge on any atom is 0.280 e. The lowest BCUT2D eigenvalue weighted by Gasteiger charge is -2.36. The summed E-state index contributed by atoms with van der Waals surface area (Å²) in [5.74, 6) is 1.11. The molecule has 0 saturated heterocycles. The Morgan fingerprint density at radius 3 is 2.58 bits per heavy atom. The van der Waals surface area contributed by atoms with Crippen LogP contribution in [0, 0.1) is 11.8 Å². The van der Waals surface area contributed by atoms with Crippen LogP contribution in [0.5, 0.6) is 5.75 Å². The monoisotopic (exact) mass is 519 g/mol. The molecule has 2 aromatic rings. The van der Waals surface area contributed by atoms with Gasteiger partial charge in [-0.25, -0.2) is 4.98 Å². The van der Waals surface area contributed by atoms with E-state index in [1.54, 1.807) is 42.8 Å². The van der Waals surface area contributed by atoms with Crippen molar-refractivity contribution in [1.29, 1.82) is 0 Å². The number of carbonyl (C=O) groups excluding carboxylic acids is 1. The number of anilines is 1. The SMILES string of the molecule is CO[C@@H]1CN(C)C(=O)c2cc(NS(=O)(=O)c3cn(C)cn3)ccc2OC[C@@H](C)N(CC2CC2)C[C@@H]1C. The van der Waals surface area contributed by atoms with Gasteiger partial charge in [0, 0.05) is 58.8 Å². The minimum Gasteiger partial charge on any atom is -0.491 e. The van der Waals surface area contributed by atoms with Gasteiger partial charge in [0.15, 0.2) is 5.03 Å². The second-order valence-corrected chi connectivity index (χ2v) is 11.8. The zero-order valence-electron chi connectivity index (χ0n) is 21.7. The van der Waals surface area contributed by atoms with E-state index in [1.165, 1.54) is 31.4 Å². The lowest BCUT2D eigenvalue weighted by molar-refractivity contribution is 0.00994. The van der Waals surface area contributed by atoms with Gasteiger partial charge < -0.3 is 18.9 Å². The lowest BCUT2D eigenvalue weighted by atomic mass is 10.0. The predicted molar refractivity (Wildman–Crippen MR) is 137 cm³/mol. The summed E-state index contributed by atoms with van der Waals surface area (Å²) in [5.41, 5.74) is 0.555. The van der Waals surface area contributed by atoms with Gasteiger partial charge in [-0.3, -0.25) is 14.4 Å². The smallest absolute Gasteiger partial charge is 0.280 e. The van der Waals surface area contributed by atoms with Gasteiger partial charge in [0.1, 0.15) is 12.4 Å². The molecule has 0 bridgehead atoms. The van der Waals surface area contributed by atoms with Gasteiger partial charge in [-0.2, -0.15) is 8.42 Å². The second kappa shape index (κ2) is 10.8. The summed E-state index contributed by atoms with van der Waals surface area (Å²) >= 11 is 0. The third-order valence-electron chi connectivity index (χ3n) is 6.97. The molecule has 0 spiro atoms. The Morgan fingerprint density at radius 1 is 1.19 bits per heavy atom. The molecule has 4 rings (SSSR count). The van der Waals surface area contributed by atoms with Crippen LogP contribution in [-0.4, -0.2) is 86.2 Å². The highest BCUT2D eigenvalue weighted by molar-refractivity contribution is 7.92. The number of likely N-dealkylation sites (N-methyl/N-ethyl adjacent to an activating group) is 1. The number of methoxy groups -OCH3 is 1. The van der Waals surface area contributed by atoms with Crippen LogP contribution in [0.15, 0.2) is 35.7 Å². The molecule has 3 atom stereocenters. The largest absolute Gasteiger partial charge is 0.491 e. The fraction of sp³-hybridized carbons (Fsp3) is 0.600. The van der Waals surface area contributed by atoms with Gasteiger partial charge in [-0.05, 0) is 49.8 Å². The molecular weight excluding hydrogens is 482 g/mol. The number of carbonyl (C=O) groups is 1. The highest BCUT2D eigenvalue weighted by Gasteiger charge is 2.32. The number of nitrogens with one attached hydrogen (secondary N) is 1. The van der Waals surface area contributed by atoms with E-state index in [2.05, 4.69) is 28.5 Å². The van der Waals surface area contributed by atoms with Gasteiger partial charge in [-0.15, -0.1) is 0 Å². The molecule has 11 heteroatoms. The number of rotatable bonds is 6. The summed E-state index contributed by atoms with van der Waals surface area (Å²) in [5, 5.41) is -0.0982. The van der Waals surface area contributed by atoms with E-state index in [1.807, 2.05) is 0 Å². The van der Waals surface area contributed by atoms with E-state index < -0.39 is 10.0 Å². The zero-order chi connectivity index (χ0) is 26.0. The maximum absolute atomic E-state index is 13.5. The Balaban J connectivity index is 1.64. The first-order valence-electron chi connectivity index (χ1n) is 12.4. The van der Waals surface area contributed by atoms with E-state index in [4.69, 9.17) is 9.47 Å². The van der Waals surface area contributed by atoms with Crippen molar-refractivity contribution in [2.45, 2.75) is 43.9 Å². The zero-order valence-corrected chi connectivity index (χ0v) is 22.5. The molecule has 0 radical (unpaired) electrons. The van der Waals surface area contributed by atoms with Crippen molar-refractivity contribution in [3.8, 4) is 5.75 Å². The number of amides is 1. The lowest BCUT2D eigenvalue weighted by Crippen LogP contribution is -2.47. The first-order valence-corrected chi connectivity index (χ1v) is 13.9. The van der Waals surface area contributed by atoms with Crippen molar-refractivity contribution in [2.24, 2.45) is 18.9 Å². The van der Waals surface area contributed by atoms with E-state index in [-0.39, 0.29) is 34.7 Å². The van der Waals surface area contributed by atoms with Gasteiger partial charge in [-0.1, -0.05) is 6.92 Å². The van der Waals surface area contributed by atoms with Crippen LogP contribution in [0.1, 0.15) is 37.0 Å². The van der Waals surface area contributed by atoms with Gasteiger partial charge in [0.2, 0.25) is 0 Å². The number of aryl methyl sites for hydroxylation is 1. The summed E-state index contributed by atoms with van der Waals surface area (Å²) in [6.07, 6.45) is 5.23. The van der Waals surface area contributed by atoms with Crippen LogP contribution in [0.4, 0.5) is 5.69 Å². The number of hydrogen-bond donors (Lipinski definition) is 1. The molecule has 36 heavy (non-hydrogen) atoms. The Labute approximate surface area is 213 Å². The van der Waals surface area contributed by atoms with Crippen molar-refractivity contribution in [3.05, 3.63) is 36.3 Å². The molecule has 1 N–H and O–H groups in total. The van der Waals surface area contributed by atoms with Gasteiger partial charge in [0.05, 0.1) is 18.0 Å². The summed E-state index contributed by atoms with van der Waals surface area (Å²) in [7, 11) is 1.20. The van der Waals surface area contributed by atoms with Crippen LogP contribution in [0.2, 0.25) is 0 Å². The molecule has 1 aromatic carbocycles. The van der Waals surface area contributed by atoms with E-state index in [9.17, 15) is 13.2 Å². The summed E-state index contributed by atoms with van der Waals surface area (Å²) in [6, 6.07) is 4.92. The first-order chi connectivity index (χ1) is 17.1. The van der Waals surface area contributed by atoms with Crippen LogP contribution in [0.25, 0.3) is 0 Å². The first kappa shape index (κ1) is 26.4. The molecule has 1 saturated carbocycles. The Hall–Kier alpha value is -2.63. The highest BCUT2D eigenvalue weighted by atomic mass is 32.2. The molecule has 1 fully saturated rings. The van der Waals surface area contributed by atoms with Crippen LogP contribution >= 0.6 is 0 Å². The third-order valence-corrected chi connectivity index (χ3v) is 8.24. The molecule has 1 aliphatic heterocycles. The van der Waals surface area contributed by atoms with Crippen molar-refractivity contribution in [1.82, 2.24) is 19.4 Å². The quantitative estimate of drug-likeness (QED) is 0.625. The van der Waals surface area contributed by atoms with Crippen molar-refractivity contribution < 1.29 is 22.7 Å². The molecule has 1 amide bonds. The number of sulfonamides is 1. The van der Waals surface area contributed by atoms with Crippen molar-refractivity contribution in [3.63, 3.8) is 0 Å². The number of fused-ring (bicyclic) bond motifs is 1. The van der Waals surface area contributed by atoms with E-state index in [0.717, 1.165) is 19.0 Å². The van der Waals surface area contributed by atoms with Gasteiger partial charge in [0.25, 0.3) is 15.9 Å². The number of imidazole rings is 1. The molecular formula is C25H37N5O5S. The standard InChI is InChI=1S/C25H37N5O5S/c1-17-11-30(12-19-6-7-19)18(2)15-35-22-9-8-20(27-36(32,33)24-14-28(3)16-26-24)10-21(22)25(31)29(4)13-23(17)34-5/h8-10,14,16-19,23,27H,6-7,11-13,15H2,1-5H3/t17-,18+,23+/m0/s1. The fourth-order valence-electron chi connectivity index (χ4n) is 4.54. The predicted octanol–water partition coefficient (Wildman–Crippen LogP) is 2.44. The molecule has 0 unspecified atom stereocenters. The van der Waals surface area contributed by atoms with Crippen molar-refractivity contribution >= 4 is 21.6 Å². The van der Waals surface area contributed by atoms with E-state index >= 15 is 0 Å². The molecule has 198 valence electrons. The molecule has 10 nitrogen and oxygen atoms in total. The Bertz CT molecular complexity index is 1180. The van der Waals surface area contributed by atoms with Gasteiger partial charge >= 0.3 is 0 Å². The average Bonchev–Trinajstić information content (AvgIpc) is 3.55. The number of nitrogens with zero attached hydrogens (tertiary/aromatic N) is 4. The fourth-order valence-corrected chi connectivity index (χ4v) is 5.57. The normalized spacial score (nSPS) is 24.4. The van der Waals surface area contributed by atoms with Crippen molar-refractivity contribution in [2.75, 3.05) is 45.1 Å². The summed E-state index contributed by atoms with van der Waals surface area (Å²) in [4.78, 5) is 21.5. The van der Waals surface area contributed by atoms with Crippen LogP contribution < -0.4 is 9.46 Å². The molecule has 2 aliphatic rings. The number of hydrogen-bond acceptors (Lipinski definition) is 7. The highest BCUT2D eigenvalue weighted by Crippen LogP contribution is 2.32. The van der Waals surface area contributed by atoms with Crippen LogP contribution in [0.3, 0.4) is 0 Å². The molecule has 2 heterocycles. The average molecular weight is 520 g/mol. The maximum atomic E-state index is 13.5. The second-order valence-electron chi connectivity index (χ2n) is 10.2. The van der Waals surface area contributed by atoms with E-state index in [0.29, 0.717) is 24.5 Å². The molecule has 1 aromatic heterocycles. The number of ether oxygens (including phenoxy) is 2. The third kappa shape index (κ3) is 6.19.